The standard InChI is InChI=1S/C19H23N3O3S/c1-21-10-12-22(13-11-21)18-14-16(26(2,24)25)8-9-17(18)19(23)20-15-6-4-3-5-7-15/h3-9,14H,10-13H2,1-2H3,(H,20,23). The Labute approximate surface area is 154 Å². The van der Waals surface area contributed by atoms with E-state index in [2.05, 4.69) is 15.1 Å². The van der Waals surface area contributed by atoms with E-state index >= 15 is 0 Å². The number of hydrogen-bond acceptors (Lipinski definition) is 5. The Balaban J connectivity index is 1.96. The number of para-hydroxylation sites is 1. The van der Waals surface area contributed by atoms with E-state index in [4.69, 9.17) is 0 Å². The smallest absolute Gasteiger partial charge is 0.257 e. The lowest BCUT2D eigenvalue weighted by molar-refractivity contribution is 0.102. The van der Waals surface area contributed by atoms with Crippen LogP contribution in [-0.2, 0) is 9.84 Å². The Morgan fingerprint density at radius 3 is 2.27 bits per heavy atom. The minimum atomic E-state index is -3.34. The van der Waals surface area contributed by atoms with Crippen molar-refractivity contribution in [2.45, 2.75) is 4.90 Å². The van der Waals surface area contributed by atoms with E-state index in [1.807, 2.05) is 37.4 Å². The molecule has 7 heteroatoms. The number of rotatable bonds is 4. The Hall–Kier alpha value is -2.38. The summed E-state index contributed by atoms with van der Waals surface area (Å²) in [6.07, 6.45) is 1.18. The molecule has 1 aliphatic heterocycles. The van der Waals surface area contributed by atoms with Crippen molar-refractivity contribution in [2.75, 3.05) is 49.7 Å². The summed E-state index contributed by atoms with van der Waals surface area (Å²) in [6.45, 7) is 3.22. The largest absolute Gasteiger partial charge is 0.368 e. The summed E-state index contributed by atoms with van der Waals surface area (Å²) in [5.41, 5.74) is 1.84. The van der Waals surface area contributed by atoms with Crippen LogP contribution in [0.5, 0.6) is 0 Å². The minimum absolute atomic E-state index is 0.225. The molecule has 1 heterocycles. The van der Waals surface area contributed by atoms with Crippen molar-refractivity contribution < 1.29 is 13.2 Å². The van der Waals surface area contributed by atoms with Gasteiger partial charge >= 0.3 is 0 Å². The fourth-order valence-electron chi connectivity index (χ4n) is 2.96. The molecule has 0 unspecified atom stereocenters. The van der Waals surface area contributed by atoms with E-state index < -0.39 is 9.84 Å². The van der Waals surface area contributed by atoms with Gasteiger partial charge in [-0.25, -0.2) is 8.42 Å². The molecule has 0 spiro atoms. The van der Waals surface area contributed by atoms with Crippen LogP contribution in [0.1, 0.15) is 10.4 Å². The summed E-state index contributed by atoms with van der Waals surface area (Å²) in [7, 11) is -1.30. The first-order chi connectivity index (χ1) is 12.3. The number of likely N-dealkylation sites (N-methyl/N-ethyl adjacent to an activating group) is 1. The maximum absolute atomic E-state index is 12.8. The first-order valence-corrected chi connectivity index (χ1v) is 10.4. The molecule has 3 rings (SSSR count). The van der Waals surface area contributed by atoms with Crippen molar-refractivity contribution in [3.63, 3.8) is 0 Å². The van der Waals surface area contributed by atoms with Gasteiger partial charge in [-0.05, 0) is 37.4 Å². The van der Waals surface area contributed by atoms with Crippen LogP contribution in [0.15, 0.2) is 53.4 Å². The zero-order valence-corrected chi connectivity index (χ0v) is 15.8. The summed E-state index contributed by atoms with van der Waals surface area (Å²) < 4.78 is 23.9. The van der Waals surface area contributed by atoms with Gasteiger partial charge < -0.3 is 15.1 Å². The van der Waals surface area contributed by atoms with Crippen molar-refractivity contribution in [2.24, 2.45) is 0 Å². The molecular weight excluding hydrogens is 350 g/mol. The fraction of sp³-hybridized carbons (Fsp3) is 0.316. The number of sulfone groups is 1. The van der Waals surface area contributed by atoms with Crippen LogP contribution in [0.3, 0.4) is 0 Å². The van der Waals surface area contributed by atoms with Crippen LogP contribution in [0, 0.1) is 0 Å². The van der Waals surface area contributed by atoms with Crippen molar-refractivity contribution in [3.8, 4) is 0 Å². The van der Waals surface area contributed by atoms with Crippen LogP contribution < -0.4 is 10.2 Å². The van der Waals surface area contributed by atoms with E-state index in [1.165, 1.54) is 12.3 Å². The van der Waals surface area contributed by atoms with Gasteiger partial charge in [-0.15, -0.1) is 0 Å². The topological polar surface area (TPSA) is 69.7 Å². The maximum Gasteiger partial charge on any atom is 0.257 e. The van der Waals surface area contributed by atoms with Gasteiger partial charge in [-0.1, -0.05) is 18.2 Å². The minimum Gasteiger partial charge on any atom is -0.368 e. The highest BCUT2D eigenvalue weighted by atomic mass is 32.2. The highest BCUT2D eigenvalue weighted by Gasteiger charge is 2.22. The maximum atomic E-state index is 12.8. The fourth-order valence-corrected chi connectivity index (χ4v) is 3.60. The number of hydrogen-bond donors (Lipinski definition) is 1. The van der Waals surface area contributed by atoms with Crippen LogP contribution in [-0.4, -0.2) is 58.7 Å². The molecule has 6 nitrogen and oxygen atoms in total. The molecule has 138 valence electrons. The highest BCUT2D eigenvalue weighted by molar-refractivity contribution is 7.90. The van der Waals surface area contributed by atoms with Gasteiger partial charge in [-0.2, -0.15) is 0 Å². The monoisotopic (exact) mass is 373 g/mol. The molecule has 1 fully saturated rings. The van der Waals surface area contributed by atoms with Crippen molar-refractivity contribution in [3.05, 3.63) is 54.1 Å². The summed E-state index contributed by atoms with van der Waals surface area (Å²) >= 11 is 0. The summed E-state index contributed by atoms with van der Waals surface area (Å²) in [5.74, 6) is -0.245. The van der Waals surface area contributed by atoms with E-state index in [1.54, 1.807) is 12.1 Å². The van der Waals surface area contributed by atoms with Crippen molar-refractivity contribution in [1.29, 1.82) is 0 Å². The van der Waals surface area contributed by atoms with Crippen molar-refractivity contribution >= 4 is 27.1 Å². The average molecular weight is 373 g/mol. The van der Waals surface area contributed by atoms with Gasteiger partial charge in [0.2, 0.25) is 0 Å². The van der Waals surface area contributed by atoms with Gasteiger partial charge in [0, 0.05) is 38.1 Å². The second-order valence-corrected chi connectivity index (χ2v) is 8.58. The lowest BCUT2D eigenvalue weighted by atomic mass is 10.1. The van der Waals surface area contributed by atoms with E-state index in [0.29, 0.717) is 16.9 Å². The second-order valence-electron chi connectivity index (χ2n) is 6.56. The lowest BCUT2D eigenvalue weighted by Crippen LogP contribution is -2.45. The van der Waals surface area contributed by atoms with Gasteiger partial charge in [-0.3, -0.25) is 4.79 Å². The second kappa shape index (κ2) is 7.47. The summed E-state index contributed by atoms with van der Waals surface area (Å²) in [5, 5.41) is 2.88. The van der Waals surface area contributed by atoms with E-state index in [-0.39, 0.29) is 10.8 Å². The average Bonchev–Trinajstić information content (AvgIpc) is 2.62. The molecule has 26 heavy (non-hydrogen) atoms. The van der Waals surface area contributed by atoms with Gasteiger partial charge in [0.1, 0.15) is 0 Å². The summed E-state index contributed by atoms with van der Waals surface area (Å²) in [4.78, 5) is 17.3. The Morgan fingerprint density at radius 2 is 1.65 bits per heavy atom. The molecule has 0 radical (unpaired) electrons. The molecule has 1 N–H and O–H groups in total. The van der Waals surface area contributed by atoms with Crippen LogP contribution in [0.2, 0.25) is 0 Å². The number of carbonyl (C=O) groups excluding carboxylic acids is 1. The van der Waals surface area contributed by atoms with Gasteiger partial charge in [0.05, 0.1) is 16.1 Å². The predicted octanol–water partition coefficient (Wildman–Crippen LogP) is 2.09. The lowest BCUT2D eigenvalue weighted by Gasteiger charge is -2.35. The zero-order valence-electron chi connectivity index (χ0n) is 15.0. The number of nitrogens with zero attached hydrogens (tertiary/aromatic N) is 2. The Kier molecular flexibility index (Phi) is 5.29. The molecule has 0 bridgehead atoms. The van der Waals surface area contributed by atoms with E-state index in [0.717, 1.165) is 26.2 Å². The molecule has 2 aromatic carbocycles. The molecule has 1 aliphatic rings. The summed E-state index contributed by atoms with van der Waals surface area (Å²) in [6, 6.07) is 13.9. The zero-order chi connectivity index (χ0) is 18.7. The SMILES string of the molecule is CN1CCN(c2cc(S(C)(=O)=O)ccc2C(=O)Nc2ccccc2)CC1. The molecular formula is C19H23N3O3S. The molecule has 1 saturated heterocycles. The molecule has 0 saturated carbocycles. The third-order valence-corrected chi connectivity index (χ3v) is 5.63. The van der Waals surface area contributed by atoms with Gasteiger partial charge in [0.25, 0.3) is 5.91 Å². The van der Waals surface area contributed by atoms with Gasteiger partial charge in [0.15, 0.2) is 9.84 Å². The van der Waals surface area contributed by atoms with Crippen LogP contribution in [0.25, 0.3) is 0 Å². The third-order valence-electron chi connectivity index (χ3n) is 4.52. The number of nitrogens with one attached hydrogen (secondary N) is 1. The molecule has 0 aromatic heterocycles. The van der Waals surface area contributed by atoms with Crippen LogP contribution >= 0.6 is 0 Å². The third kappa shape index (κ3) is 4.23. The molecule has 0 atom stereocenters. The molecule has 2 aromatic rings. The van der Waals surface area contributed by atoms with E-state index in [9.17, 15) is 13.2 Å². The van der Waals surface area contributed by atoms with Crippen LogP contribution in [0.4, 0.5) is 11.4 Å². The quantitative estimate of drug-likeness (QED) is 0.889. The normalized spacial score (nSPS) is 15.7. The number of anilines is 2. The number of piperazine rings is 1. The number of benzene rings is 2. The molecule has 0 aliphatic carbocycles. The first kappa shape index (κ1) is 18.4. The number of amides is 1. The first-order valence-electron chi connectivity index (χ1n) is 8.48. The Bertz CT molecular complexity index is 890. The highest BCUT2D eigenvalue weighted by Crippen LogP contribution is 2.27. The predicted molar refractivity (Wildman–Crippen MR) is 104 cm³/mol. The molecule has 1 amide bonds. The Morgan fingerprint density at radius 1 is 1.00 bits per heavy atom. The number of carbonyl (C=O) groups is 1. The van der Waals surface area contributed by atoms with Crippen molar-refractivity contribution in [1.82, 2.24) is 4.90 Å².